The van der Waals surface area contributed by atoms with Crippen LogP contribution in [0.25, 0.3) is 0 Å². The van der Waals surface area contributed by atoms with Crippen LogP contribution in [-0.2, 0) is 0 Å². The molecule has 58 heavy (non-hydrogen) atoms. The summed E-state index contributed by atoms with van der Waals surface area (Å²) in [6.45, 7) is 32.3. The van der Waals surface area contributed by atoms with Crippen LogP contribution in [0.2, 0.25) is 0 Å². The summed E-state index contributed by atoms with van der Waals surface area (Å²) in [7, 11) is 0. The Morgan fingerprint density at radius 3 is 2.31 bits per heavy atom. The van der Waals surface area contributed by atoms with Gasteiger partial charge in [-0.25, -0.2) is 4.39 Å². The lowest BCUT2D eigenvalue weighted by atomic mass is 9.61. The SMILES string of the molecule is C=C(CCC(CC)C(=C)C(O)C1CCC(CC2C(C)C(CCC(C)(C)CC)CC3(C4=C5CC(C)CCC5CC4)CC23)CC1)C(C)C(O)C(=C)CC1CC(F)CCC1C. The van der Waals surface area contributed by atoms with E-state index in [-0.39, 0.29) is 17.8 Å². The molecule has 0 aromatic heterocycles. The van der Waals surface area contributed by atoms with Crippen molar-refractivity contribution in [1.82, 2.24) is 0 Å². The van der Waals surface area contributed by atoms with Gasteiger partial charge in [0.1, 0.15) is 6.17 Å². The average Bonchev–Trinajstić information content (AvgIpc) is 3.79. The molecule has 6 rings (SSSR count). The van der Waals surface area contributed by atoms with Crippen molar-refractivity contribution in [2.24, 2.45) is 81.8 Å². The zero-order valence-corrected chi connectivity index (χ0v) is 39.1. The molecule has 2 N–H and O–H groups in total. The highest BCUT2D eigenvalue weighted by atomic mass is 19.1. The van der Waals surface area contributed by atoms with E-state index in [1.54, 1.807) is 0 Å². The van der Waals surface area contributed by atoms with Crippen LogP contribution in [-0.4, -0.2) is 28.6 Å². The monoisotopic (exact) mass is 803 g/mol. The van der Waals surface area contributed by atoms with Crippen molar-refractivity contribution in [3.63, 3.8) is 0 Å². The van der Waals surface area contributed by atoms with Crippen molar-refractivity contribution < 1.29 is 14.6 Å². The standard InChI is InChI=1S/C55H91FO2/c1-12-42(20-15-35(4)38(7)52(57)37(6)29-46-31-47(56)24-16-36(46)5)40(9)53(58)44-21-17-41(18-22-44)30-48-39(8)45(26-27-54(10,11)13-2)32-55(33-51(48)55)50-25-23-43-19-14-34(3)28-49(43)50/h34,36,38-39,41-48,51-53,57-58H,4,6,9,12-33H2,1-3,5,7-8,10-11H3. The van der Waals surface area contributed by atoms with Crippen LogP contribution in [0.4, 0.5) is 4.39 Å². The molecule has 14 atom stereocenters. The van der Waals surface area contributed by atoms with Gasteiger partial charge in [-0.1, -0.05) is 111 Å². The minimum absolute atomic E-state index is 0.0897. The Labute approximate surface area is 357 Å². The van der Waals surface area contributed by atoms with Gasteiger partial charge in [0, 0.05) is 5.92 Å². The molecule has 2 nitrogen and oxygen atoms in total. The zero-order valence-electron chi connectivity index (χ0n) is 39.1. The van der Waals surface area contributed by atoms with Gasteiger partial charge >= 0.3 is 0 Å². The van der Waals surface area contributed by atoms with E-state index in [2.05, 4.69) is 75.1 Å². The summed E-state index contributed by atoms with van der Waals surface area (Å²) in [5.41, 5.74) is 7.84. The Kier molecular flexibility index (Phi) is 15.5. The molecule has 0 saturated heterocycles. The molecule has 0 heterocycles. The van der Waals surface area contributed by atoms with Gasteiger partial charge < -0.3 is 10.2 Å². The highest BCUT2D eigenvalue weighted by Crippen LogP contribution is 2.74. The molecule has 5 saturated carbocycles. The van der Waals surface area contributed by atoms with Crippen molar-refractivity contribution in [3.8, 4) is 0 Å². The third-order valence-electron chi connectivity index (χ3n) is 19.2. The Balaban J connectivity index is 1.01. The van der Waals surface area contributed by atoms with E-state index in [1.807, 2.05) is 11.1 Å². The van der Waals surface area contributed by atoms with Crippen LogP contribution >= 0.6 is 0 Å². The van der Waals surface area contributed by atoms with E-state index in [9.17, 15) is 14.6 Å². The molecule has 0 aromatic carbocycles. The van der Waals surface area contributed by atoms with Crippen molar-refractivity contribution >= 4 is 0 Å². The third kappa shape index (κ3) is 10.4. The first kappa shape index (κ1) is 46.3. The Bertz CT molecular complexity index is 1450. The molecule has 5 fully saturated rings. The maximum absolute atomic E-state index is 14.2. The van der Waals surface area contributed by atoms with E-state index in [1.165, 1.54) is 83.5 Å². The van der Waals surface area contributed by atoms with Crippen LogP contribution in [0.1, 0.15) is 197 Å². The van der Waals surface area contributed by atoms with E-state index < -0.39 is 18.4 Å². The fourth-order valence-electron chi connectivity index (χ4n) is 14.1. The van der Waals surface area contributed by atoms with Gasteiger partial charge in [-0.15, -0.1) is 0 Å². The van der Waals surface area contributed by atoms with E-state index >= 15 is 0 Å². The van der Waals surface area contributed by atoms with Crippen molar-refractivity contribution in [2.75, 3.05) is 0 Å². The van der Waals surface area contributed by atoms with Gasteiger partial charge in [0.15, 0.2) is 0 Å². The number of fused-ring (bicyclic) bond motifs is 2. The minimum Gasteiger partial charge on any atom is -0.388 e. The molecule has 0 radical (unpaired) electrons. The first-order chi connectivity index (χ1) is 27.5. The number of hydrogen-bond acceptors (Lipinski definition) is 2. The van der Waals surface area contributed by atoms with Crippen LogP contribution in [0.5, 0.6) is 0 Å². The summed E-state index contributed by atoms with van der Waals surface area (Å²) in [5.74, 6) is 7.29. The molecule has 330 valence electrons. The predicted molar refractivity (Wildman–Crippen MR) is 245 cm³/mol. The number of hydrogen-bond donors (Lipinski definition) is 2. The Morgan fingerprint density at radius 2 is 1.62 bits per heavy atom. The topological polar surface area (TPSA) is 40.5 Å². The van der Waals surface area contributed by atoms with Crippen molar-refractivity contribution in [2.45, 2.75) is 215 Å². The van der Waals surface area contributed by atoms with E-state index in [4.69, 9.17) is 0 Å². The molecular formula is C55H91FO2. The smallest absolute Gasteiger partial charge is 0.100 e. The molecule has 0 aromatic rings. The summed E-state index contributed by atoms with van der Waals surface area (Å²) in [6.07, 6.45) is 24.1. The second kappa shape index (κ2) is 19.5. The van der Waals surface area contributed by atoms with Crippen molar-refractivity contribution in [3.05, 3.63) is 47.6 Å². The average molecular weight is 803 g/mol. The van der Waals surface area contributed by atoms with Gasteiger partial charge in [-0.2, -0.15) is 0 Å². The second-order valence-corrected chi connectivity index (χ2v) is 23.2. The number of alkyl halides is 1. The summed E-state index contributed by atoms with van der Waals surface area (Å²) >= 11 is 0. The lowest BCUT2D eigenvalue weighted by Crippen LogP contribution is -2.36. The molecular weight excluding hydrogens is 712 g/mol. The lowest BCUT2D eigenvalue weighted by Gasteiger charge is -2.44. The third-order valence-corrected chi connectivity index (χ3v) is 19.2. The van der Waals surface area contributed by atoms with E-state index in [0.29, 0.717) is 41.9 Å². The normalized spacial score (nSPS) is 38.6. The van der Waals surface area contributed by atoms with Gasteiger partial charge in [-0.3, -0.25) is 0 Å². The lowest BCUT2D eigenvalue weighted by molar-refractivity contribution is 0.0608. The first-order valence-corrected chi connectivity index (χ1v) is 25.2. The molecule has 6 aliphatic rings. The number of allylic oxidation sites excluding steroid dienone is 2. The Hall–Kier alpha value is -1.19. The summed E-state index contributed by atoms with van der Waals surface area (Å²) in [5, 5.41) is 23.1. The molecule has 6 aliphatic carbocycles. The summed E-state index contributed by atoms with van der Waals surface area (Å²) in [4.78, 5) is 0. The molecule has 0 bridgehead atoms. The molecule has 14 unspecified atom stereocenters. The quantitative estimate of drug-likeness (QED) is 0.128. The second-order valence-electron chi connectivity index (χ2n) is 23.2. The maximum Gasteiger partial charge on any atom is 0.100 e. The largest absolute Gasteiger partial charge is 0.388 e. The fraction of sp³-hybridized carbons (Fsp3) is 0.855. The van der Waals surface area contributed by atoms with E-state index in [0.717, 1.165) is 96.7 Å². The molecule has 3 heteroatoms. The summed E-state index contributed by atoms with van der Waals surface area (Å²) < 4.78 is 14.2. The Morgan fingerprint density at radius 1 is 0.897 bits per heavy atom. The molecule has 0 amide bonds. The number of halogens is 1. The molecule has 0 aliphatic heterocycles. The summed E-state index contributed by atoms with van der Waals surface area (Å²) in [6, 6.07) is 0. The highest BCUT2D eigenvalue weighted by molar-refractivity contribution is 5.38. The maximum atomic E-state index is 14.2. The van der Waals surface area contributed by atoms with Crippen LogP contribution in [0.15, 0.2) is 47.6 Å². The van der Waals surface area contributed by atoms with Gasteiger partial charge in [0.2, 0.25) is 0 Å². The number of aliphatic hydroxyl groups excluding tert-OH is 2. The van der Waals surface area contributed by atoms with Gasteiger partial charge in [0.05, 0.1) is 12.2 Å². The van der Waals surface area contributed by atoms with Gasteiger partial charge in [0.25, 0.3) is 0 Å². The predicted octanol–water partition coefficient (Wildman–Crippen LogP) is 15.2. The number of rotatable bonds is 19. The van der Waals surface area contributed by atoms with Crippen LogP contribution in [0.3, 0.4) is 0 Å². The zero-order chi connectivity index (χ0) is 42.1. The van der Waals surface area contributed by atoms with Crippen molar-refractivity contribution in [1.29, 1.82) is 0 Å². The molecule has 0 spiro atoms. The number of aliphatic hydroxyl groups is 2. The fourth-order valence-corrected chi connectivity index (χ4v) is 14.1. The van der Waals surface area contributed by atoms with Crippen LogP contribution in [0, 0.1) is 81.8 Å². The minimum atomic E-state index is -0.721. The van der Waals surface area contributed by atoms with Gasteiger partial charge in [-0.05, 0) is 209 Å². The highest BCUT2D eigenvalue weighted by Gasteiger charge is 2.65. The first-order valence-electron chi connectivity index (χ1n) is 25.2. The van der Waals surface area contributed by atoms with Crippen LogP contribution < -0.4 is 0 Å².